The smallest absolute Gasteiger partial charge is 0.168 e. The number of carbonyl (C=O) groups is 1. The summed E-state index contributed by atoms with van der Waals surface area (Å²) in [4.78, 5) is 12.6. The van der Waals surface area contributed by atoms with Gasteiger partial charge in [0.1, 0.15) is 5.75 Å². The van der Waals surface area contributed by atoms with E-state index in [-0.39, 0.29) is 11.2 Å². The van der Waals surface area contributed by atoms with E-state index in [0.717, 1.165) is 24.2 Å². The summed E-state index contributed by atoms with van der Waals surface area (Å²) in [6, 6.07) is 7.60. The van der Waals surface area contributed by atoms with Gasteiger partial charge in [0.25, 0.3) is 0 Å². The summed E-state index contributed by atoms with van der Waals surface area (Å²) < 4.78 is 5.46. The Hall–Kier alpha value is -1.31. The van der Waals surface area contributed by atoms with Crippen molar-refractivity contribution in [1.29, 1.82) is 0 Å². The van der Waals surface area contributed by atoms with Crippen LogP contribution in [0.2, 0.25) is 0 Å². The van der Waals surface area contributed by atoms with Crippen LogP contribution in [0.4, 0.5) is 0 Å². The van der Waals surface area contributed by atoms with E-state index < -0.39 is 0 Å². The Morgan fingerprint density at radius 2 is 2.00 bits per heavy atom. The molecule has 2 rings (SSSR count). The Kier molecular flexibility index (Phi) is 4.05. The summed E-state index contributed by atoms with van der Waals surface area (Å²) in [5, 5.41) is 0. The maximum absolute atomic E-state index is 12.6. The van der Waals surface area contributed by atoms with Crippen LogP contribution < -0.4 is 4.74 Å². The van der Waals surface area contributed by atoms with E-state index in [9.17, 15) is 4.79 Å². The fourth-order valence-electron chi connectivity index (χ4n) is 2.80. The molecule has 0 aliphatic heterocycles. The van der Waals surface area contributed by atoms with Gasteiger partial charge in [0.15, 0.2) is 5.78 Å². The van der Waals surface area contributed by atoms with E-state index >= 15 is 0 Å². The van der Waals surface area contributed by atoms with Crippen LogP contribution in [0.1, 0.15) is 56.3 Å². The molecule has 1 aromatic rings. The molecule has 0 unspecified atom stereocenters. The number of hydrogen-bond donors (Lipinski definition) is 0. The first-order chi connectivity index (χ1) is 8.65. The molecule has 0 N–H and O–H groups in total. The van der Waals surface area contributed by atoms with Gasteiger partial charge in [0.05, 0.1) is 6.61 Å². The van der Waals surface area contributed by atoms with Crippen LogP contribution in [0.15, 0.2) is 24.3 Å². The maximum Gasteiger partial charge on any atom is 0.168 e. The van der Waals surface area contributed by atoms with Crippen LogP contribution in [-0.4, -0.2) is 12.4 Å². The van der Waals surface area contributed by atoms with E-state index in [2.05, 4.69) is 6.92 Å². The first-order valence-electron chi connectivity index (χ1n) is 6.93. The Morgan fingerprint density at radius 3 is 2.67 bits per heavy atom. The first-order valence-corrected chi connectivity index (χ1v) is 6.93. The van der Waals surface area contributed by atoms with Gasteiger partial charge in [-0.3, -0.25) is 4.79 Å². The SMILES string of the molecule is CCOc1cccc(C(=O)C2(C)CCCCC2)c1. The Balaban J connectivity index is 2.19. The van der Waals surface area contributed by atoms with Crippen molar-refractivity contribution in [2.75, 3.05) is 6.61 Å². The zero-order chi connectivity index (χ0) is 13.0. The molecule has 2 nitrogen and oxygen atoms in total. The van der Waals surface area contributed by atoms with E-state index in [4.69, 9.17) is 4.74 Å². The lowest BCUT2D eigenvalue weighted by Crippen LogP contribution is -2.30. The molecular weight excluding hydrogens is 224 g/mol. The topological polar surface area (TPSA) is 26.3 Å². The zero-order valence-electron chi connectivity index (χ0n) is 11.4. The van der Waals surface area contributed by atoms with Gasteiger partial charge < -0.3 is 4.74 Å². The lowest BCUT2D eigenvalue weighted by Gasteiger charge is -2.32. The molecule has 0 saturated heterocycles. The van der Waals surface area contributed by atoms with Crippen LogP contribution in [0, 0.1) is 5.41 Å². The molecule has 1 saturated carbocycles. The van der Waals surface area contributed by atoms with Crippen molar-refractivity contribution in [1.82, 2.24) is 0 Å². The molecule has 0 atom stereocenters. The van der Waals surface area contributed by atoms with Crippen molar-refractivity contribution >= 4 is 5.78 Å². The quantitative estimate of drug-likeness (QED) is 0.743. The van der Waals surface area contributed by atoms with Crippen molar-refractivity contribution < 1.29 is 9.53 Å². The van der Waals surface area contributed by atoms with Crippen LogP contribution in [0.3, 0.4) is 0 Å². The van der Waals surface area contributed by atoms with Gasteiger partial charge in [-0.1, -0.05) is 38.3 Å². The molecule has 0 amide bonds. The largest absolute Gasteiger partial charge is 0.494 e. The van der Waals surface area contributed by atoms with E-state index in [1.54, 1.807) is 0 Å². The van der Waals surface area contributed by atoms with Gasteiger partial charge in [-0.25, -0.2) is 0 Å². The molecule has 0 bridgehead atoms. The third-order valence-electron chi connectivity index (χ3n) is 3.91. The number of benzene rings is 1. The summed E-state index contributed by atoms with van der Waals surface area (Å²) in [6.07, 6.45) is 5.65. The monoisotopic (exact) mass is 246 g/mol. The molecule has 18 heavy (non-hydrogen) atoms. The molecule has 1 aliphatic rings. The minimum absolute atomic E-state index is 0.164. The molecule has 1 aliphatic carbocycles. The third-order valence-corrected chi connectivity index (χ3v) is 3.91. The zero-order valence-corrected chi connectivity index (χ0v) is 11.4. The van der Waals surface area contributed by atoms with Gasteiger partial charge in [-0.2, -0.15) is 0 Å². The highest BCUT2D eigenvalue weighted by molar-refractivity contribution is 6.00. The number of ether oxygens (including phenoxy) is 1. The number of Topliss-reactive ketones (excluding diaryl/α,β-unsaturated/α-hetero) is 1. The minimum Gasteiger partial charge on any atom is -0.494 e. The van der Waals surface area contributed by atoms with Crippen molar-refractivity contribution in [2.24, 2.45) is 5.41 Å². The van der Waals surface area contributed by atoms with Crippen LogP contribution in [0.25, 0.3) is 0 Å². The van der Waals surface area contributed by atoms with Crippen molar-refractivity contribution in [3.63, 3.8) is 0 Å². The number of ketones is 1. The van der Waals surface area contributed by atoms with Crippen molar-refractivity contribution in [2.45, 2.75) is 46.0 Å². The molecule has 0 radical (unpaired) electrons. The normalized spacial score (nSPS) is 18.3. The summed E-state index contributed by atoms with van der Waals surface area (Å²) in [7, 11) is 0. The summed E-state index contributed by atoms with van der Waals surface area (Å²) in [5.74, 6) is 1.08. The van der Waals surface area contributed by atoms with Crippen molar-refractivity contribution in [3.05, 3.63) is 29.8 Å². The lowest BCUT2D eigenvalue weighted by molar-refractivity contribution is 0.0749. The van der Waals surface area contributed by atoms with Gasteiger partial charge in [0, 0.05) is 11.0 Å². The number of hydrogen-bond acceptors (Lipinski definition) is 2. The highest BCUT2D eigenvalue weighted by Gasteiger charge is 2.34. The number of carbonyl (C=O) groups excluding carboxylic acids is 1. The summed E-state index contributed by atoms with van der Waals surface area (Å²) in [6.45, 7) is 4.70. The van der Waals surface area contributed by atoms with Crippen LogP contribution >= 0.6 is 0 Å². The highest BCUT2D eigenvalue weighted by atomic mass is 16.5. The average molecular weight is 246 g/mol. The molecule has 1 aromatic carbocycles. The first kappa shape index (κ1) is 13.1. The summed E-state index contributed by atoms with van der Waals surface area (Å²) in [5.41, 5.74) is 0.633. The predicted octanol–water partition coefficient (Wildman–Crippen LogP) is 4.24. The van der Waals surface area contributed by atoms with E-state index in [0.29, 0.717) is 6.61 Å². The van der Waals surface area contributed by atoms with E-state index in [1.807, 2.05) is 31.2 Å². The lowest BCUT2D eigenvalue weighted by atomic mass is 9.71. The average Bonchev–Trinajstić information content (AvgIpc) is 2.39. The third kappa shape index (κ3) is 2.74. The molecule has 98 valence electrons. The van der Waals surface area contributed by atoms with Gasteiger partial charge >= 0.3 is 0 Å². The predicted molar refractivity (Wildman–Crippen MR) is 73.1 cm³/mol. The molecule has 2 heteroatoms. The van der Waals surface area contributed by atoms with Crippen molar-refractivity contribution in [3.8, 4) is 5.75 Å². The van der Waals surface area contributed by atoms with Crippen LogP contribution in [0.5, 0.6) is 5.75 Å². The Morgan fingerprint density at radius 1 is 1.28 bits per heavy atom. The van der Waals surface area contributed by atoms with Crippen LogP contribution in [-0.2, 0) is 0 Å². The van der Waals surface area contributed by atoms with Gasteiger partial charge in [0.2, 0.25) is 0 Å². The second kappa shape index (κ2) is 5.55. The standard InChI is InChI=1S/C16H22O2/c1-3-18-14-9-7-8-13(12-14)15(17)16(2)10-5-4-6-11-16/h7-9,12H,3-6,10-11H2,1-2H3. The molecular formula is C16H22O2. The summed E-state index contributed by atoms with van der Waals surface area (Å²) >= 11 is 0. The Labute approximate surface area is 109 Å². The molecule has 1 fully saturated rings. The van der Waals surface area contributed by atoms with Gasteiger partial charge in [-0.05, 0) is 31.9 Å². The van der Waals surface area contributed by atoms with E-state index in [1.165, 1.54) is 19.3 Å². The molecule has 0 spiro atoms. The highest BCUT2D eigenvalue weighted by Crippen LogP contribution is 2.38. The Bertz CT molecular complexity index is 417. The van der Waals surface area contributed by atoms with Gasteiger partial charge in [-0.15, -0.1) is 0 Å². The fourth-order valence-corrected chi connectivity index (χ4v) is 2.80. The number of rotatable bonds is 4. The second-order valence-electron chi connectivity index (χ2n) is 5.41. The maximum atomic E-state index is 12.6. The second-order valence-corrected chi connectivity index (χ2v) is 5.41. The molecule has 0 aromatic heterocycles. The fraction of sp³-hybridized carbons (Fsp3) is 0.562. The minimum atomic E-state index is -0.164. The molecule has 0 heterocycles.